The number of aromatic nitrogens is 1. The van der Waals surface area contributed by atoms with Crippen LogP contribution < -0.4 is 4.74 Å². The fraction of sp³-hybridized carbons (Fsp3) is 0.333. The third-order valence-corrected chi connectivity index (χ3v) is 5.46. The first-order valence-corrected chi connectivity index (χ1v) is 10.1. The van der Waals surface area contributed by atoms with Gasteiger partial charge in [-0.15, -0.1) is 0 Å². The van der Waals surface area contributed by atoms with E-state index in [1.165, 1.54) is 43.6 Å². The van der Waals surface area contributed by atoms with Gasteiger partial charge in [0.05, 0.1) is 5.69 Å². The number of rotatable bonds is 7. The van der Waals surface area contributed by atoms with Gasteiger partial charge < -0.3 is 14.2 Å². The maximum absolute atomic E-state index is 14.0. The lowest BCUT2D eigenvalue weighted by atomic mass is 10.1. The van der Waals surface area contributed by atoms with E-state index in [0.29, 0.717) is 12.4 Å². The number of aryl methyl sites for hydroxylation is 1. The van der Waals surface area contributed by atoms with Crippen molar-refractivity contribution in [2.24, 2.45) is 0 Å². The number of likely N-dealkylation sites (tertiary alicyclic amines) is 1. The third-order valence-electron chi connectivity index (χ3n) is 5.46. The summed E-state index contributed by atoms with van der Waals surface area (Å²) in [5.41, 5.74) is 4.31. The molecule has 146 valence electrons. The van der Waals surface area contributed by atoms with Crippen LogP contribution in [0, 0.1) is 12.7 Å². The van der Waals surface area contributed by atoms with Crippen LogP contribution in [0.25, 0.3) is 11.3 Å². The van der Waals surface area contributed by atoms with Gasteiger partial charge in [-0.1, -0.05) is 30.3 Å². The van der Waals surface area contributed by atoms with Crippen molar-refractivity contribution in [2.75, 3.05) is 19.6 Å². The summed E-state index contributed by atoms with van der Waals surface area (Å²) in [4.78, 5) is 2.51. The zero-order valence-corrected chi connectivity index (χ0v) is 16.4. The minimum Gasteiger partial charge on any atom is -0.488 e. The molecule has 0 N–H and O–H groups in total. The Morgan fingerprint density at radius 2 is 1.75 bits per heavy atom. The van der Waals surface area contributed by atoms with Gasteiger partial charge >= 0.3 is 0 Å². The summed E-state index contributed by atoms with van der Waals surface area (Å²) < 4.78 is 22.3. The van der Waals surface area contributed by atoms with Crippen molar-refractivity contribution in [2.45, 2.75) is 32.9 Å². The second-order valence-electron chi connectivity index (χ2n) is 7.50. The van der Waals surface area contributed by atoms with Crippen molar-refractivity contribution in [3.8, 4) is 17.0 Å². The number of halogens is 1. The molecule has 0 saturated carbocycles. The lowest BCUT2D eigenvalue weighted by Crippen LogP contribution is -2.24. The highest BCUT2D eigenvalue weighted by molar-refractivity contribution is 5.71. The molecule has 0 radical (unpaired) electrons. The SMILES string of the molecule is Cc1ccn(CCN2CCCC2)c1-c1ccc(F)cc1OCc1ccccc1. The predicted octanol–water partition coefficient (Wildman–Crippen LogP) is 5.28. The smallest absolute Gasteiger partial charge is 0.132 e. The highest BCUT2D eigenvalue weighted by Gasteiger charge is 2.17. The maximum Gasteiger partial charge on any atom is 0.132 e. The van der Waals surface area contributed by atoms with Crippen LogP contribution in [0.1, 0.15) is 24.0 Å². The first-order chi connectivity index (χ1) is 13.7. The number of ether oxygens (including phenoxy) is 1. The van der Waals surface area contributed by atoms with E-state index in [0.717, 1.165) is 29.9 Å². The summed E-state index contributed by atoms with van der Waals surface area (Å²) in [6.45, 7) is 6.88. The summed E-state index contributed by atoms with van der Waals surface area (Å²) in [5.74, 6) is 0.313. The second-order valence-corrected chi connectivity index (χ2v) is 7.50. The molecule has 1 aliphatic heterocycles. The molecule has 1 fully saturated rings. The van der Waals surface area contributed by atoms with Gasteiger partial charge in [-0.2, -0.15) is 0 Å². The van der Waals surface area contributed by atoms with Gasteiger partial charge in [0.25, 0.3) is 0 Å². The number of hydrogen-bond acceptors (Lipinski definition) is 2. The summed E-state index contributed by atoms with van der Waals surface area (Å²) in [7, 11) is 0. The summed E-state index contributed by atoms with van der Waals surface area (Å²) >= 11 is 0. The average molecular weight is 378 g/mol. The van der Waals surface area contributed by atoms with Gasteiger partial charge in [-0.05, 0) is 62.2 Å². The second kappa shape index (κ2) is 8.61. The van der Waals surface area contributed by atoms with Gasteiger partial charge in [-0.3, -0.25) is 0 Å². The van der Waals surface area contributed by atoms with E-state index in [9.17, 15) is 4.39 Å². The molecule has 2 heterocycles. The lowest BCUT2D eigenvalue weighted by Gasteiger charge is -2.19. The van der Waals surface area contributed by atoms with Crippen LogP contribution in [0.3, 0.4) is 0 Å². The molecule has 1 aliphatic rings. The van der Waals surface area contributed by atoms with Crippen molar-refractivity contribution in [1.82, 2.24) is 9.47 Å². The maximum atomic E-state index is 14.0. The Kier molecular flexibility index (Phi) is 5.77. The van der Waals surface area contributed by atoms with Gasteiger partial charge in [0.15, 0.2) is 0 Å². The van der Waals surface area contributed by atoms with Gasteiger partial charge in [-0.25, -0.2) is 4.39 Å². The zero-order chi connectivity index (χ0) is 19.3. The Morgan fingerprint density at radius 1 is 0.964 bits per heavy atom. The Hall–Kier alpha value is -2.59. The van der Waals surface area contributed by atoms with E-state index in [1.807, 2.05) is 36.4 Å². The van der Waals surface area contributed by atoms with Crippen molar-refractivity contribution in [3.63, 3.8) is 0 Å². The highest BCUT2D eigenvalue weighted by Crippen LogP contribution is 2.34. The molecule has 3 nitrogen and oxygen atoms in total. The first kappa shape index (κ1) is 18.8. The summed E-state index contributed by atoms with van der Waals surface area (Å²) in [5, 5.41) is 0. The molecule has 28 heavy (non-hydrogen) atoms. The monoisotopic (exact) mass is 378 g/mol. The van der Waals surface area contributed by atoms with E-state index < -0.39 is 0 Å². The van der Waals surface area contributed by atoms with Crippen LogP contribution in [-0.4, -0.2) is 29.1 Å². The molecule has 0 amide bonds. The first-order valence-electron chi connectivity index (χ1n) is 10.1. The van der Waals surface area contributed by atoms with Gasteiger partial charge in [0, 0.05) is 30.9 Å². The normalized spacial score (nSPS) is 14.5. The average Bonchev–Trinajstić information content (AvgIpc) is 3.35. The van der Waals surface area contributed by atoms with Crippen LogP contribution in [0.5, 0.6) is 5.75 Å². The molecule has 1 aromatic heterocycles. The molecule has 0 bridgehead atoms. The quantitative estimate of drug-likeness (QED) is 0.557. The van der Waals surface area contributed by atoms with E-state index in [-0.39, 0.29) is 5.82 Å². The molecule has 0 atom stereocenters. The topological polar surface area (TPSA) is 17.4 Å². The number of nitrogens with zero attached hydrogens (tertiary/aromatic N) is 2. The fourth-order valence-electron chi connectivity index (χ4n) is 3.94. The molecule has 0 unspecified atom stereocenters. The minimum atomic E-state index is -0.278. The molecule has 0 spiro atoms. The van der Waals surface area contributed by atoms with E-state index in [1.54, 1.807) is 0 Å². The van der Waals surface area contributed by atoms with Crippen LogP contribution in [0.15, 0.2) is 60.8 Å². The highest BCUT2D eigenvalue weighted by atomic mass is 19.1. The lowest BCUT2D eigenvalue weighted by molar-refractivity contribution is 0.305. The molecule has 4 heteroatoms. The van der Waals surface area contributed by atoms with Crippen LogP contribution in [-0.2, 0) is 13.2 Å². The van der Waals surface area contributed by atoms with Gasteiger partial charge in [0.2, 0.25) is 0 Å². The molecular formula is C24H27FN2O. The van der Waals surface area contributed by atoms with Crippen molar-refractivity contribution >= 4 is 0 Å². The Bertz CT molecular complexity index is 914. The van der Waals surface area contributed by atoms with Crippen LogP contribution >= 0.6 is 0 Å². The van der Waals surface area contributed by atoms with E-state index in [2.05, 4.69) is 28.7 Å². The Balaban J connectivity index is 1.58. The minimum absolute atomic E-state index is 0.278. The standard InChI is InChI=1S/C24H27FN2O/c1-19-11-14-27(16-15-26-12-5-6-13-26)24(19)22-10-9-21(25)17-23(22)28-18-20-7-3-2-4-8-20/h2-4,7-11,14,17H,5-6,12-13,15-16,18H2,1H3. The molecule has 2 aromatic carbocycles. The largest absolute Gasteiger partial charge is 0.488 e. The van der Waals surface area contributed by atoms with E-state index >= 15 is 0 Å². The Morgan fingerprint density at radius 3 is 2.54 bits per heavy atom. The predicted molar refractivity (Wildman–Crippen MR) is 111 cm³/mol. The van der Waals surface area contributed by atoms with Crippen LogP contribution in [0.4, 0.5) is 4.39 Å². The summed E-state index contributed by atoms with van der Waals surface area (Å²) in [6.07, 6.45) is 4.73. The fourth-order valence-corrected chi connectivity index (χ4v) is 3.94. The molecule has 1 saturated heterocycles. The third kappa shape index (κ3) is 4.28. The molecule has 4 rings (SSSR count). The Labute approximate surface area is 166 Å². The summed E-state index contributed by atoms with van der Waals surface area (Å²) in [6, 6.07) is 17.0. The van der Waals surface area contributed by atoms with Crippen molar-refractivity contribution < 1.29 is 9.13 Å². The van der Waals surface area contributed by atoms with Crippen LogP contribution in [0.2, 0.25) is 0 Å². The zero-order valence-electron chi connectivity index (χ0n) is 16.4. The number of hydrogen-bond donors (Lipinski definition) is 0. The van der Waals surface area contributed by atoms with Crippen molar-refractivity contribution in [3.05, 3.63) is 77.7 Å². The van der Waals surface area contributed by atoms with E-state index in [4.69, 9.17) is 4.74 Å². The molecular weight excluding hydrogens is 351 g/mol. The molecule has 0 aliphatic carbocycles. The van der Waals surface area contributed by atoms with Crippen molar-refractivity contribution in [1.29, 1.82) is 0 Å². The van der Waals surface area contributed by atoms with Gasteiger partial charge in [0.1, 0.15) is 18.2 Å². The number of benzene rings is 2. The molecule has 3 aromatic rings.